The zero-order valence-corrected chi connectivity index (χ0v) is 3.06. The van der Waals surface area contributed by atoms with E-state index in [4.69, 9.17) is 5.11 Å². The van der Waals surface area contributed by atoms with Crippen LogP contribution in [-0.4, -0.2) is 114 Å². The Morgan fingerprint density at radius 3 is 1.71 bits per heavy atom. The quantitative estimate of drug-likeness (QED) is 0.501. The third kappa shape index (κ3) is 17.7. The second-order valence-electron chi connectivity index (χ2n) is 0.747. The summed E-state index contributed by atoms with van der Waals surface area (Å²) in [5.74, 6) is -0.745. The Kier molecular flexibility index (Phi) is 27.0. The summed E-state index contributed by atoms with van der Waals surface area (Å²) in [6.07, 6.45) is 0.222. The van der Waals surface area contributed by atoms with Crippen molar-refractivity contribution in [2.45, 2.75) is 13.3 Å². The molecule has 0 unspecified atom stereocenters. The van der Waals surface area contributed by atoms with Gasteiger partial charge in [0.15, 0.2) is 0 Å². The molecule has 0 aliphatic carbocycles. The number of carboxylic acid groups (broad SMARTS) is 1. The van der Waals surface area contributed by atoms with Crippen LogP contribution in [0.15, 0.2) is 0 Å². The molecular weight excluding hydrogens is 146 g/mol. The van der Waals surface area contributed by atoms with Gasteiger partial charge in [-0.1, -0.05) is 6.92 Å². The van der Waals surface area contributed by atoms with Crippen LogP contribution in [0.2, 0.25) is 0 Å². The fourth-order valence-electron chi connectivity index (χ4n) is 0. The van der Waals surface area contributed by atoms with Gasteiger partial charge in [-0.2, -0.15) is 0 Å². The maximum atomic E-state index is 9.37. The van der Waals surface area contributed by atoms with Crippen LogP contribution in [0.3, 0.4) is 0 Å². The molecule has 0 atom stereocenters. The van der Waals surface area contributed by atoms with Gasteiger partial charge in [-0.05, 0) is 0 Å². The first-order valence-electron chi connectivity index (χ1n) is 1.49. The number of carbonyl (C=O) groups is 1. The Balaban J connectivity index is -0.0000000800. The summed E-state index contributed by atoms with van der Waals surface area (Å²) in [6, 6.07) is 0. The number of hydrogen-bond acceptors (Lipinski definition) is 1. The van der Waals surface area contributed by atoms with Crippen molar-refractivity contribution in [1.82, 2.24) is 0 Å². The summed E-state index contributed by atoms with van der Waals surface area (Å²) in [7, 11) is 0. The van der Waals surface area contributed by atoms with Crippen molar-refractivity contribution in [2.75, 3.05) is 0 Å². The minimum atomic E-state index is -0.745. The predicted molar refractivity (Wildman–Crippen MR) is 32.2 cm³/mol. The molecule has 0 spiro atoms. The molecule has 4 heteroatoms. The van der Waals surface area contributed by atoms with E-state index in [0.717, 1.165) is 0 Å². The Morgan fingerprint density at radius 1 is 1.57 bits per heavy atom. The van der Waals surface area contributed by atoms with Crippen LogP contribution in [0.25, 0.3) is 0 Å². The molecule has 0 saturated heterocycles. The molecule has 0 aromatic carbocycles. The van der Waals surface area contributed by atoms with Crippen LogP contribution < -0.4 is 0 Å². The van der Waals surface area contributed by atoms with Gasteiger partial charge in [0.2, 0.25) is 0 Å². The van der Waals surface area contributed by atoms with Crippen molar-refractivity contribution in [1.29, 1.82) is 0 Å². The normalized spacial score (nSPS) is 5.29. The molecule has 0 aromatic rings. The van der Waals surface area contributed by atoms with Crippen LogP contribution in [0.1, 0.15) is 13.3 Å². The first-order valence-corrected chi connectivity index (χ1v) is 1.49. The van der Waals surface area contributed by atoms with Gasteiger partial charge in [-0.25, -0.2) is 0 Å². The predicted octanol–water partition coefficient (Wildman–Crippen LogP) is -0.816. The molecule has 0 aromatic heterocycles. The van der Waals surface area contributed by atoms with Gasteiger partial charge in [-0.15, -0.1) is 0 Å². The van der Waals surface area contributed by atoms with Crippen molar-refractivity contribution < 1.29 is 9.90 Å². The standard InChI is InChI=1S/C3H6O2.2K.2H/c1-2-3(4)5;;;;/h2H2,1H3,(H,4,5);;;;. The van der Waals surface area contributed by atoms with Gasteiger partial charge >= 0.3 is 109 Å². The summed E-state index contributed by atoms with van der Waals surface area (Å²) in [4.78, 5) is 9.37. The molecule has 0 heterocycles. The van der Waals surface area contributed by atoms with E-state index in [-0.39, 0.29) is 109 Å². The summed E-state index contributed by atoms with van der Waals surface area (Å²) < 4.78 is 0. The van der Waals surface area contributed by atoms with Crippen molar-refractivity contribution in [3.05, 3.63) is 0 Å². The summed E-state index contributed by atoms with van der Waals surface area (Å²) >= 11 is 0. The first-order chi connectivity index (χ1) is 2.27. The molecule has 0 bridgehead atoms. The van der Waals surface area contributed by atoms with Crippen LogP contribution in [0, 0.1) is 0 Å². The molecule has 34 valence electrons. The monoisotopic (exact) mass is 154 g/mol. The van der Waals surface area contributed by atoms with Gasteiger partial charge in [0, 0.05) is 6.42 Å². The van der Waals surface area contributed by atoms with Crippen molar-refractivity contribution in [3.63, 3.8) is 0 Å². The first kappa shape index (κ1) is 16.4. The van der Waals surface area contributed by atoms with Gasteiger partial charge in [-0.3, -0.25) is 4.79 Å². The molecule has 2 nitrogen and oxygen atoms in total. The van der Waals surface area contributed by atoms with E-state index in [0.29, 0.717) is 0 Å². The van der Waals surface area contributed by atoms with E-state index in [1.54, 1.807) is 6.92 Å². The van der Waals surface area contributed by atoms with Crippen molar-refractivity contribution >= 4 is 109 Å². The summed E-state index contributed by atoms with van der Waals surface area (Å²) in [5.41, 5.74) is 0. The molecule has 0 aliphatic rings. The van der Waals surface area contributed by atoms with E-state index in [9.17, 15) is 4.79 Å². The molecule has 0 radical (unpaired) electrons. The average Bonchev–Trinajstić information content (AvgIpc) is 1.38. The maximum absolute atomic E-state index is 9.37. The molecule has 7 heavy (non-hydrogen) atoms. The molecule has 0 rings (SSSR count). The number of rotatable bonds is 1. The fourth-order valence-corrected chi connectivity index (χ4v) is 0. The average molecular weight is 154 g/mol. The fraction of sp³-hybridized carbons (Fsp3) is 0.667. The molecule has 0 saturated carbocycles. The number of hydrogen-bond donors (Lipinski definition) is 1. The Bertz CT molecular complexity index is 46.2. The van der Waals surface area contributed by atoms with E-state index >= 15 is 0 Å². The van der Waals surface area contributed by atoms with Crippen molar-refractivity contribution in [2.24, 2.45) is 0 Å². The van der Waals surface area contributed by atoms with E-state index in [1.807, 2.05) is 0 Å². The number of aliphatic carboxylic acids is 1. The summed E-state index contributed by atoms with van der Waals surface area (Å²) in [5, 5.41) is 7.72. The van der Waals surface area contributed by atoms with Gasteiger partial charge in [0.05, 0.1) is 0 Å². The van der Waals surface area contributed by atoms with Gasteiger partial charge in [0.25, 0.3) is 0 Å². The van der Waals surface area contributed by atoms with E-state index in [2.05, 4.69) is 0 Å². The van der Waals surface area contributed by atoms with E-state index in [1.165, 1.54) is 0 Å². The number of carboxylic acids is 1. The third-order valence-corrected chi connectivity index (χ3v) is 0.302. The van der Waals surface area contributed by atoms with Crippen LogP contribution in [0.5, 0.6) is 0 Å². The van der Waals surface area contributed by atoms with Crippen LogP contribution >= 0.6 is 0 Å². The Morgan fingerprint density at radius 2 is 1.71 bits per heavy atom. The molecule has 0 fully saturated rings. The third-order valence-electron chi connectivity index (χ3n) is 0.302. The van der Waals surface area contributed by atoms with Gasteiger partial charge < -0.3 is 5.11 Å². The van der Waals surface area contributed by atoms with Crippen LogP contribution in [0.4, 0.5) is 0 Å². The molecule has 1 N–H and O–H groups in total. The van der Waals surface area contributed by atoms with Gasteiger partial charge in [0.1, 0.15) is 0 Å². The SMILES string of the molecule is CCC(=O)O.[KH].[KH]. The Labute approximate surface area is 128 Å². The second-order valence-corrected chi connectivity index (χ2v) is 0.747. The van der Waals surface area contributed by atoms with Crippen molar-refractivity contribution in [3.8, 4) is 0 Å². The second kappa shape index (κ2) is 11.5. The zero-order valence-electron chi connectivity index (χ0n) is 3.06. The molecule has 0 amide bonds. The minimum absolute atomic E-state index is 0. The molecule has 0 aliphatic heterocycles. The molecular formula is C3H8K2O2. The summed E-state index contributed by atoms with van der Waals surface area (Å²) in [6.45, 7) is 1.60. The Hall–Kier alpha value is 2.74. The zero-order chi connectivity index (χ0) is 4.28. The van der Waals surface area contributed by atoms with E-state index < -0.39 is 5.97 Å². The topological polar surface area (TPSA) is 37.3 Å². The van der Waals surface area contributed by atoms with Crippen LogP contribution in [-0.2, 0) is 4.79 Å².